The number of aromatic nitrogens is 4. The molecule has 8 rings (SSSR count). The molecule has 2 unspecified atom stereocenters. The average molecular weight is 920 g/mol. The molecule has 27 heteroatoms. The van der Waals surface area contributed by atoms with Gasteiger partial charge in [-0.25, -0.2) is 28.9 Å². The Morgan fingerprint density at radius 3 is 2.35 bits per heavy atom. The zero-order valence-electron chi connectivity index (χ0n) is 33.2. The van der Waals surface area contributed by atoms with Crippen LogP contribution in [0.2, 0.25) is 0 Å². The summed E-state index contributed by atoms with van der Waals surface area (Å²) in [5, 5.41) is 68.4. The molecule has 63 heavy (non-hydrogen) atoms. The predicted molar refractivity (Wildman–Crippen MR) is 216 cm³/mol. The number of anilines is 3. The van der Waals surface area contributed by atoms with Crippen LogP contribution in [0, 0.1) is 13.8 Å². The maximum Gasteiger partial charge on any atom is 0.481 e. The fourth-order valence-electron chi connectivity index (χ4n) is 8.42. The number of aliphatic imine (C=N–C) groups is 1. The van der Waals surface area contributed by atoms with E-state index in [0.717, 1.165) is 17.5 Å². The van der Waals surface area contributed by atoms with Crippen LogP contribution in [-0.4, -0.2) is 146 Å². The summed E-state index contributed by atoms with van der Waals surface area (Å²) in [5.41, 5.74) is 6.99. The molecular weight excluding hydrogens is 876 g/mol. The van der Waals surface area contributed by atoms with E-state index in [-0.39, 0.29) is 34.9 Å². The van der Waals surface area contributed by atoms with Gasteiger partial charge in [0.15, 0.2) is 29.1 Å². The lowest BCUT2D eigenvalue weighted by molar-refractivity contribution is -0.123. The molecule has 338 valence electrons. The van der Waals surface area contributed by atoms with Crippen LogP contribution in [0.3, 0.4) is 0 Å². The number of β-amino-alcohol motifs (C(OH)–C–C–N with tert-alkyl or cyclic N) is 1. The lowest BCUT2D eigenvalue weighted by Gasteiger charge is -2.52. The Labute approximate surface area is 356 Å². The van der Waals surface area contributed by atoms with Crippen molar-refractivity contribution in [2.24, 2.45) is 4.99 Å². The third-order valence-corrected chi connectivity index (χ3v) is 14.1. The lowest BCUT2D eigenvalue weighted by atomic mass is 9.75. The number of phosphoric ester groups is 2. The number of ether oxygens (including phenoxy) is 1. The maximum absolute atomic E-state index is 14.2. The SMILES string of the molecule is Cc1cc2c(cc1C)N1[C@H](O)C[C@H](c3ccccc3)[C@]13C(=O)NC(=O)N=C3N2C[C@H](O)[C@H](O)[C@H](O)COP(=O)(O)OP(=O)(O)OC[C@H]1O[C@@H](n2cnc3c(N)ncnc32)[C@H](O)[C@@H]1O. The predicted octanol–water partition coefficient (Wildman–Crippen LogP) is -0.803. The summed E-state index contributed by atoms with van der Waals surface area (Å²) in [5.74, 6) is -1.75. The Kier molecular flexibility index (Phi) is 11.8. The number of aliphatic hydroxyl groups excluding tert-OH is 6. The smallest absolute Gasteiger partial charge is 0.388 e. The van der Waals surface area contributed by atoms with Crippen molar-refractivity contribution in [1.82, 2.24) is 24.8 Å². The van der Waals surface area contributed by atoms with Crippen molar-refractivity contribution in [3.63, 3.8) is 0 Å². The third-order valence-electron chi connectivity index (χ3n) is 11.5. The normalized spacial score (nSPS) is 29.0. The number of hydrogen-bond acceptors (Lipinski definition) is 20. The number of nitrogens with zero attached hydrogens (tertiary/aromatic N) is 7. The summed E-state index contributed by atoms with van der Waals surface area (Å²) < 4.78 is 46.1. The van der Waals surface area contributed by atoms with Gasteiger partial charge in [-0.2, -0.15) is 9.30 Å². The van der Waals surface area contributed by atoms with Crippen LogP contribution in [0.25, 0.3) is 11.2 Å². The zero-order chi connectivity index (χ0) is 45.3. The van der Waals surface area contributed by atoms with Crippen molar-refractivity contribution in [2.45, 2.75) is 80.8 Å². The molecule has 2 fully saturated rings. The van der Waals surface area contributed by atoms with Gasteiger partial charge < -0.3 is 60.7 Å². The van der Waals surface area contributed by atoms with Crippen LogP contribution >= 0.6 is 15.6 Å². The number of nitrogens with two attached hydrogens (primary N) is 1. The van der Waals surface area contributed by atoms with E-state index in [1.165, 1.54) is 20.7 Å². The van der Waals surface area contributed by atoms with Gasteiger partial charge in [0.2, 0.25) is 0 Å². The monoisotopic (exact) mass is 919 g/mol. The van der Waals surface area contributed by atoms with E-state index in [0.29, 0.717) is 11.3 Å². The molecule has 4 aromatic rings. The number of nitrogen functional groups attached to an aromatic ring is 1. The summed E-state index contributed by atoms with van der Waals surface area (Å²) in [6.45, 7) is 0.710. The van der Waals surface area contributed by atoms with Crippen molar-refractivity contribution in [3.8, 4) is 0 Å². The number of urea groups is 1. The first-order valence-corrected chi connectivity index (χ1v) is 22.2. The minimum Gasteiger partial charge on any atom is -0.388 e. The van der Waals surface area contributed by atoms with E-state index in [1.54, 1.807) is 49.4 Å². The molecule has 2 saturated heterocycles. The second-order valence-electron chi connectivity index (χ2n) is 15.4. The molecule has 0 radical (unpaired) electrons. The van der Waals surface area contributed by atoms with E-state index in [2.05, 4.69) is 34.1 Å². The van der Waals surface area contributed by atoms with E-state index in [4.69, 9.17) is 15.0 Å². The maximum atomic E-state index is 14.2. The Hall–Kier alpha value is -4.82. The van der Waals surface area contributed by atoms with Gasteiger partial charge in [-0.1, -0.05) is 30.3 Å². The zero-order valence-corrected chi connectivity index (χ0v) is 35.0. The highest BCUT2D eigenvalue weighted by molar-refractivity contribution is 7.61. The number of carbonyl (C=O) groups is 2. The quantitative estimate of drug-likeness (QED) is 0.0692. The van der Waals surface area contributed by atoms with Crippen LogP contribution in [-0.2, 0) is 32.0 Å². The van der Waals surface area contributed by atoms with Crippen LogP contribution in [0.1, 0.15) is 35.3 Å². The molecule has 3 amide bonds. The molecule has 12 atom stereocenters. The number of imide groups is 1. The van der Waals surface area contributed by atoms with Crippen LogP contribution in [0.5, 0.6) is 0 Å². The number of phosphoric acid groups is 2. The standard InChI is InChI=1S/C36H43N9O16P2/c1-16-8-20-21(9-17(16)2)45-25(48)10-19(18-6-4-3-5-7-18)36(45)33(41-35(53)42-34(36)52)43(20)11-22(46)27(49)23(47)12-58-62(54,55)61-63(56,57)59-13-24-28(50)29(51)32(60-24)44-15-40-26-30(37)38-14-39-31(26)44/h3-9,14-15,19,22-25,27-29,32,46-51H,10-13H2,1-2H3,(H,54,55)(H,56,57)(H2,37,38,39)(H,42,52,53)/t19-,22+,23-,24-,25-,27+,28-,29-,32-,36+/m1/s1. The van der Waals surface area contributed by atoms with Gasteiger partial charge in [0, 0.05) is 12.3 Å². The average Bonchev–Trinajstić information content (AvgIpc) is 3.89. The number of hydrogen-bond donors (Lipinski definition) is 10. The molecule has 2 aromatic heterocycles. The van der Waals surface area contributed by atoms with Crippen LogP contribution in [0.15, 0.2) is 60.1 Å². The van der Waals surface area contributed by atoms with Gasteiger partial charge in [-0.3, -0.25) is 23.7 Å². The summed E-state index contributed by atoms with van der Waals surface area (Å²) in [7, 11) is -11.1. The molecule has 4 aliphatic heterocycles. The molecule has 0 bridgehead atoms. The Bertz CT molecular complexity index is 2570. The van der Waals surface area contributed by atoms with Gasteiger partial charge in [0.1, 0.15) is 54.7 Å². The number of amides is 3. The molecule has 11 N–H and O–H groups in total. The van der Waals surface area contributed by atoms with Gasteiger partial charge in [-0.05, 0) is 42.7 Å². The highest BCUT2D eigenvalue weighted by atomic mass is 31.3. The van der Waals surface area contributed by atoms with E-state index >= 15 is 0 Å². The minimum atomic E-state index is -5.61. The molecule has 2 aromatic carbocycles. The van der Waals surface area contributed by atoms with Gasteiger partial charge in [0.05, 0.1) is 37.5 Å². The first-order chi connectivity index (χ1) is 29.7. The molecule has 0 aliphatic carbocycles. The number of aryl methyl sites for hydroxylation is 2. The molecule has 6 heterocycles. The summed E-state index contributed by atoms with van der Waals surface area (Å²) >= 11 is 0. The van der Waals surface area contributed by atoms with Gasteiger partial charge in [0.25, 0.3) is 5.91 Å². The number of fused-ring (bicyclic) bond motifs is 3. The van der Waals surface area contributed by atoms with Crippen molar-refractivity contribution >= 4 is 61.8 Å². The minimum absolute atomic E-state index is 0.0237. The van der Waals surface area contributed by atoms with E-state index in [1.807, 2.05) is 6.92 Å². The third kappa shape index (κ3) is 7.93. The highest BCUT2D eigenvalue weighted by Gasteiger charge is 2.67. The molecular formula is C36H43N9O16P2. The van der Waals surface area contributed by atoms with Crippen molar-refractivity contribution in [2.75, 3.05) is 35.3 Å². The summed E-state index contributed by atoms with van der Waals surface area (Å²) in [6, 6.07) is 11.1. The van der Waals surface area contributed by atoms with Crippen LogP contribution < -0.4 is 20.9 Å². The highest BCUT2D eigenvalue weighted by Crippen LogP contribution is 2.61. The first kappa shape index (κ1) is 44.8. The number of rotatable bonds is 14. The number of aliphatic hydroxyl groups is 6. The largest absolute Gasteiger partial charge is 0.481 e. The Balaban J connectivity index is 0.946. The van der Waals surface area contributed by atoms with Crippen molar-refractivity contribution < 1.29 is 77.2 Å². The molecule has 0 saturated carbocycles. The number of carbonyl (C=O) groups excluding carboxylic acids is 2. The van der Waals surface area contributed by atoms with Crippen molar-refractivity contribution in [3.05, 3.63) is 71.8 Å². The number of amidine groups is 1. The fourth-order valence-corrected chi connectivity index (χ4v) is 10.5. The first-order valence-electron chi connectivity index (χ1n) is 19.2. The van der Waals surface area contributed by atoms with E-state index in [9.17, 15) is 59.1 Å². The second kappa shape index (κ2) is 16.6. The van der Waals surface area contributed by atoms with E-state index < -0.39 is 108 Å². The molecule has 1 spiro atoms. The second-order valence-corrected chi connectivity index (χ2v) is 18.5. The Morgan fingerprint density at radius 1 is 0.952 bits per heavy atom. The molecule has 4 aliphatic rings. The number of nitrogens with one attached hydrogen (secondary N) is 1. The summed E-state index contributed by atoms with van der Waals surface area (Å²) in [4.78, 5) is 66.6. The summed E-state index contributed by atoms with van der Waals surface area (Å²) in [6.07, 6.45) is -11.4. The number of benzene rings is 2. The number of imidazole rings is 1. The van der Waals surface area contributed by atoms with Crippen molar-refractivity contribution in [1.29, 1.82) is 0 Å². The topological polar surface area (TPSA) is 368 Å². The fraction of sp³-hybridized carbons (Fsp3) is 0.444. The van der Waals surface area contributed by atoms with Gasteiger partial charge in [-0.15, -0.1) is 0 Å². The lowest BCUT2D eigenvalue weighted by Crippen LogP contribution is -2.74. The van der Waals surface area contributed by atoms with Gasteiger partial charge >= 0.3 is 21.7 Å². The Morgan fingerprint density at radius 2 is 1.63 bits per heavy atom. The molecule has 25 nitrogen and oxygen atoms in total. The van der Waals surface area contributed by atoms with Crippen LogP contribution in [0.4, 0.5) is 22.0 Å².